The molecular weight excluding hydrogens is 198 g/mol. The van der Waals surface area contributed by atoms with Crippen LogP contribution in [0.5, 0.6) is 0 Å². The van der Waals surface area contributed by atoms with E-state index in [2.05, 4.69) is 18.4 Å². The molecule has 0 radical (unpaired) electrons. The summed E-state index contributed by atoms with van der Waals surface area (Å²) < 4.78 is 1.91. The summed E-state index contributed by atoms with van der Waals surface area (Å²) in [5, 5.41) is 8.82. The predicted octanol–water partition coefficient (Wildman–Crippen LogP) is 2.66. The van der Waals surface area contributed by atoms with Crippen LogP contribution in [-0.2, 0) is 0 Å². The average molecular weight is 211 g/mol. The molecular formula is C13H13N3. The molecule has 0 spiro atoms. The highest BCUT2D eigenvalue weighted by molar-refractivity contribution is 5.34. The Hall–Kier alpha value is -2.21. The van der Waals surface area contributed by atoms with E-state index in [1.807, 2.05) is 53.5 Å². The molecule has 0 aliphatic carbocycles. The second-order valence-electron chi connectivity index (χ2n) is 3.68. The first-order chi connectivity index (χ1) is 7.79. The van der Waals surface area contributed by atoms with Crippen molar-refractivity contribution in [2.45, 2.75) is 13.0 Å². The van der Waals surface area contributed by atoms with Crippen LogP contribution in [0.4, 0.5) is 0 Å². The van der Waals surface area contributed by atoms with Crippen LogP contribution in [-0.4, -0.2) is 4.68 Å². The highest BCUT2D eigenvalue weighted by atomic mass is 15.4. The Balaban J connectivity index is 2.15. The van der Waals surface area contributed by atoms with Gasteiger partial charge in [-0.1, -0.05) is 12.1 Å². The lowest BCUT2D eigenvalue weighted by Crippen LogP contribution is -2.16. The van der Waals surface area contributed by atoms with Crippen LogP contribution < -0.4 is 5.43 Å². The lowest BCUT2D eigenvalue weighted by Gasteiger charge is -2.16. The normalized spacial score (nSPS) is 11.8. The number of nitrogens with one attached hydrogen (secondary N) is 1. The topological polar surface area (TPSA) is 40.8 Å². The summed E-state index contributed by atoms with van der Waals surface area (Å²) in [6.45, 7) is 2.07. The number of aromatic nitrogens is 1. The maximum absolute atomic E-state index is 8.82. The molecule has 80 valence electrons. The van der Waals surface area contributed by atoms with Gasteiger partial charge in [-0.25, -0.2) is 0 Å². The fourth-order valence-corrected chi connectivity index (χ4v) is 1.60. The number of rotatable bonds is 3. The molecule has 1 aromatic carbocycles. The Morgan fingerprint density at radius 1 is 1.25 bits per heavy atom. The molecule has 0 aliphatic rings. The third kappa shape index (κ3) is 2.23. The molecule has 0 amide bonds. The minimum Gasteiger partial charge on any atom is -0.319 e. The molecule has 1 N–H and O–H groups in total. The van der Waals surface area contributed by atoms with E-state index in [1.165, 1.54) is 0 Å². The molecule has 3 heteroatoms. The Bertz CT molecular complexity index is 494. The number of hydrogen-bond acceptors (Lipinski definition) is 2. The van der Waals surface area contributed by atoms with E-state index in [1.54, 1.807) is 0 Å². The van der Waals surface area contributed by atoms with Crippen molar-refractivity contribution in [2.75, 3.05) is 5.43 Å². The third-order valence-electron chi connectivity index (χ3n) is 2.46. The largest absolute Gasteiger partial charge is 0.319 e. The van der Waals surface area contributed by atoms with E-state index >= 15 is 0 Å². The van der Waals surface area contributed by atoms with Gasteiger partial charge in [0.25, 0.3) is 0 Å². The van der Waals surface area contributed by atoms with Crippen LogP contribution in [0.2, 0.25) is 0 Å². The van der Waals surface area contributed by atoms with Crippen LogP contribution in [0.15, 0.2) is 48.8 Å². The molecule has 1 unspecified atom stereocenters. The van der Waals surface area contributed by atoms with Crippen molar-refractivity contribution in [3.63, 3.8) is 0 Å². The van der Waals surface area contributed by atoms with Gasteiger partial charge >= 0.3 is 0 Å². The monoisotopic (exact) mass is 211 g/mol. The highest BCUT2D eigenvalue weighted by Crippen LogP contribution is 2.14. The maximum Gasteiger partial charge on any atom is 0.0991 e. The van der Waals surface area contributed by atoms with E-state index < -0.39 is 0 Å². The van der Waals surface area contributed by atoms with Gasteiger partial charge in [0.1, 0.15) is 0 Å². The molecule has 1 atom stereocenters. The van der Waals surface area contributed by atoms with Crippen LogP contribution in [0.25, 0.3) is 0 Å². The number of nitriles is 1. The summed E-state index contributed by atoms with van der Waals surface area (Å²) in [4.78, 5) is 0. The van der Waals surface area contributed by atoms with Crippen molar-refractivity contribution in [3.05, 3.63) is 59.9 Å². The van der Waals surface area contributed by atoms with E-state index in [0.29, 0.717) is 5.56 Å². The molecule has 1 aromatic heterocycles. The fourth-order valence-electron chi connectivity index (χ4n) is 1.60. The molecule has 0 saturated heterocycles. The first kappa shape index (κ1) is 10.3. The quantitative estimate of drug-likeness (QED) is 0.847. The molecule has 0 aliphatic heterocycles. The zero-order valence-electron chi connectivity index (χ0n) is 9.09. The van der Waals surface area contributed by atoms with E-state index in [0.717, 1.165) is 5.56 Å². The Labute approximate surface area is 94.9 Å². The van der Waals surface area contributed by atoms with Crippen molar-refractivity contribution >= 4 is 0 Å². The van der Waals surface area contributed by atoms with Crippen molar-refractivity contribution in [2.24, 2.45) is 0 Å². The number of nitrogens with zero attached hydrogens (tertiary/aromatic N) is 2. The molecule has 0 fully saturated rings. The van der Waals surface area contributed by atoms with Gasteiger partial charge in [-0.3, -0.25) is 4.68 Å². The summed E-state index contributed by atoms with van der Waals surface area (Å²) in [6.07, 6.45) is 3.90. The van der Waals surface area contributed by atoms with Gasteiger partial charge < -0.3 is 5.43 Å². The number of benzene rings is 1. The highest BCUT2D eigenvalue weighted by Gasteiger charge is 2.04. The van der Waals surface area contributed by atoms with Crippen LogP contribution >= 0.6 is 0 Å². The van der Waals surface area contributed by atoms with Gasteiger partial charge in [-0.2, -0.15) is 5.26 Å². The van der Waals surface area contributed by atoms with Gasteiger partial charge in [-0.15, -0.1) is 0 Å². The Morgan fingerprint density at radius 2 is 2.00 bits per heavy atom. The van der Waals surface area contributed by atoms with Crippen LogP contribution in [0, 0.1) is 11.3 Å². The molecule has 2 rings (SSSR count). The fraction of sp³-hybridized carbons (Fsp3) is 0.154. The Kier molecular flexibility index (Phi) is 2.93. The third-order valence-corrected chi connectivity index (χ3v) is 2.46. The molecule has 3 nitrogen and oxygen atoms in total. The van der Waals surface area contributed by atoms with Crippen molar-refractivity contribution in [3.8, 4) is 6.07 Å². The maximum atomic E-state index is 8.82. The van der Waals surface area contributed by atoms with Crippen molar-refractivity contribution < 1.29 is 0 Å². The van der Waals surface area contributed by atoms with Crippen LogP contribution in [0.3, 0.4) is 0 Å². The van der Waals surface area contributed by atoms with Gasteiger partial charge in [-0.05, 0) is 36.8 Å². The molecule has 2 aromatic rings. The molecule has 0 saturated carbocycles. The van der Waals surface area contributed by atoms with Gasteiger partial charge in [0.15, 0.2) is 0 Å². The smallest absolute Gasteiger partial charge is 0.0991 e. The lowest BCUT2D eigenvalue weighted by molar-refractivity contribution is 0.728. The summed E-state index contributed by atoms with van der Waals surface area (Å²) >= 11 is 0. The average Bonchev–Trinajstić information content (AvgIpc) is 2.82. The van der Waals surface area contributed by atoms with Crippen LogP contribution in [0.1, 0.15) is 24.1 Å². The second-order valence-corrected chi connectivity index (χ2v) is 3.68. The summed E-state index contributed by atoms with van der Waals surface area (Å²) in [5.41, 5.74) is 5.09. The molecule has 1 heterocycles. The minimum atomic E-state index is 0.167. The second kappa shape index (κ2) is 4.54. The Morgan fingerprint density at radius 3 is 2.69 bits per heavy atom. The standard InChI is InChI=1S/C13H13N3/c1-11(15-16-7-2-3-8-16)13-6-4-5-12(9-13)10-14/h2-9,11,15H,1H3. The minimum absolute atomic E-state index is 0.167. The first-order valence-corrected chi connectivity index (χ1v) is 5.19. The number of hydrogen-bond donors (Lipinski definition) is 1. The van der Waals surface area contributed by atoms with Gasteiger partial charge in [0, 0.05) is 12.4 Å². The molecule has 16 heavy (non-hydrogen) atoms. The van der Waals surface area contributed by atoms with Gasteiger partial charge in [0.05, 0.1) is 17.7 Å². The zero-order valence-corrected chi connectivity index (χ0v) is 9.09. The summed E-state index contributed by atoms with van der Waals surface area (Å²) in [7, 11) is 0. The summed E-state index contributed by atoms with van der Waals surface area (Å²) in [5.74, 6) is 0. The zero-order chi connectivity index (χ0) is 11.4. The van der Waals surface area contributed by atoms with E-state index in [4.69, 9.17) is 5.26 Å². The van der Waals surface area contributed by atoms with E-state index in [-0.39, 0.29) is 6.04 Å². The molecule has 0 bridgehead atoms. The first-order valence-electron chi connectivity index (χ1n) is 5.19. The van der Waals surface area contributed by atoms with Crippen molar-refractivity contribution in [1.82, 2.24) is 4.68 Å². The predicted molar refractivity (Wildman–Crippen MR) is 63.4 cm³/mol. The van der Waals surface area contributed by atoms with Gasteiger partial charge in [0.2, 0.25) is 0 Å². The van der Waals surface area contributed by atoms with E-state index in [9.17, 15) is 0 Å². The SMILES string of the molecule is CC(Nn1cccc1)c1cccc(C#N)c1. The lowest BCUT2D eigenvalue weighted by atomic mass is 10.1. The summed E-state index contributed by atoms with van der Waals surface area (Å²) in [6, 6.07) is 13.9. The van der Waals surface area contributed by atoms with Crippen molar-refractivity contribution in [1.29, 1.82) is 5.26 Å².